The fourth-order valence-electron chi connectivity index (χ4n) is 2.60. The van der Waals surface area contributed by atoms with Gasteiger partial charge >= 0.3 is 0 Å². The molecule has 0 atom stereocenters. The lowest BCUT2D eigenvalue weighted by molar-refractivity contribution is 0.771. The average molecular weight is 275 g/mol. The summed E-state index contributed by atoms with van der Waals surface area (Å²) >= 11 is 0. The number of nitrogens with one attached hydrogen (secondary N) is 1. The molecule has 1 N–H and O–H groups in total. The Labute approximate surface area is 121 Å². The van der Waals surface area contributed by atoms with Gasteiger partial charge in [-0.2, -0.15) is 5.10 Å². The summed E-state index contributed by atoms with van der Waals surface area (Å²) in [6.45, 7) is 0. The molecule has 5 nitrogen and oxygen atoms in total. The first kappa shape index (κ1) is 11.8. The van der Waals surface area contributed by atoms with Crippen molar-refractivity contribution >= 4 is 11.0 Å². The Bertz CT molecular complexity index is 905. The van der Waals surface area contributed by atoms with Crippen molar-refractivity contribution in [2.75, 3.05) is 0 Å². The van der Waals surface area contributed by atoms with Crippen LogP contribution in [0.15, 0.2) is 55.2 Å². The first-order valence-electron chi connectivity index (χ1n) is 6.69. The van der Waals surface area contributed by atoms with Gasteiger partial charge in [-0.05, 0) is 29.8 Å². The smallest absolute Gasteiger partial charge is 0.137 e. The van der Waals surface area contributed by atoms with Crippen molar-refractivity contribution in [3.63, 3.8) is 0 Å². The minimum atomic E-state index is 0.883. The van der Waals surface area contributed by atoms with Crippen molar-refractivity contribution in [3.05, 3.63) is 55.2 Å². The summed E-state index contributed by atoms with van der Waals surface area (Å²) in [7, 11) is 1.93. The number of H-pyrrole nitrogens is 1. The van der Waals surface area contributed by atoms with Crippen molar-refractivity contribution in [2.24, 2.45) is 7.05 Å². The molecule has 0 bridgehead atoms. The Morgan fingerprint density at radius 3 is 2.90 bits per heavy atom. The molecular weight excluding hydrogens is 262 g/mol. The molecular formula is C16H13N5. The lowest BCUT2D eigenvalue weighted by Gasteiger charge is -2.03. The molecule has 0 radical (unpaired) electrons. The van der Waals surface area contributed by atoms with E-state index >= 15 is 0 Å². The van der Waals surface area contributed by atoms with Crippen LogP contribution in [0.5, 0.6) is 0 Å². The van der Waals surface area contributed by atoms with Crippen molar-refractivity contribution in [1.82, 2.24) is 24.7 Å². The first-order valence-corrected chi connectivity index (χ1v) is 6.69. The average Bonchev–Trinajstić information content (AvgIpc) is 3.14. The van der Waals surface area contributed by atoms with Crippen molar-refractivity contribution in [2.45, 2.75) is 0 Å². The number of aryl methyl sites for hydroxylation is 1. The maximum atomic E-state index is 4.59. The lowest BCUT2D eigenvalue weighted by atomic mass is 10.0. The molecule has 0 aliphatic carbocycles. The highest BCUT2D eigenvalue weighted by Crippen LogP contribution is 2.34. The summed E-state index contributed by atoms with van der Waals surface area (Å²) in [5, 5.41) is 5.69. The molecule has 4 heterocycles. The Morgan fingerprint density at radius 1 is 1.10 bits per heavy atom. The molecule has 0 saturated carbocycles. The van der Waals surface area contributed by atoms with E-state index in [-0.39, 0.29) is 0 Å². The number of hydrogen-bond donors (Lipinski definition) is 1. The van der Waals surface area contributed by atoms with E-state index in [1.54, 1.807) is 6.20 Å². The van der Waals surface area contributed by atoms with Crippen LogP contribution in [-0.2, 0) is 7.05 Å². The summed E-state index contributed by atoms with van der Waals surface area (Å²) in [5.41, 5.74) is 5.02. The summed E-state index contributed by atoms with van der Waals surface area (Å²) in [4.78, 5) is 11.7. The summed E-state index contributed by atoms with van der Waals surface area (Å²) in [6.07, 6.45) is 9.35. The Kier molecular flexibility index (Phi) is 2.57. The van der Waals surface area contributed by atoms with Gasteiger partial charge in [-0.25, -0.2) is 4.98 Å². The van der Waals surface area contributed by atoms with E-state index in [1.807, 2.05) is 60.8 Å². The van der Waals surface area contributed by atoms with E-state index in [1.165, 1.54) is 0 Å². The van der Waals surface area contributed by atoms with Gasteiger partial charge in [0.15, 0.2) is 0 Å². The Hall–Kier alpha value is -2.95. The minimum absolute atomic E-state index is 0.883. The van der Waals surface area contributed by atoms with Crippen LogP contribution >= 0.6 is 0 Å². The third-order valence-electron chi connectivity index (χ3n) is 3.51. The number of fused-ring (bicyclic) bond motifs is 1. The Balaban J connectivity index is 2.00. The normalized spacial score (nSPS) is 11.1. The van der Waals surface area contributed by atoms with Crippen LogP contribution in [0.3, 0.4) is 0 Å². The molecule has 4 aromatic heterocycles. The standard InChI is InChI=1S/C16H13N5/c1-21-10-14(15(20-21)11-3-2-6-17-9-11)12-4-7-18-16-13(12)5-8-19-16/h2-10H,1H3,(H,18,19). The summed E-state index contributed by atoms with van der Waals surface area (Å²) < 4.78 is 1.83. The zero-order valence-electron chi connectivity index (χ0n) is 11.5. The molecule has 0 unspecified atom stereocenters. The number of hydrogen-bond acceptors (Lipinski definition) is 3. The maximum Gasteiger partial charge on any atom is 0.137 e. The molecule has 5 heteroatoms. The molecule has 102 valence electrons. The second kappa shape index (κ2) is 4.56. The number of pyridine rings is 2. The highest BCUT2D eigenvalue weighted by molar-refractivity contribution is 5.96. The fourth-order valence-corrected chi connectivity index (χ4v) is 2.60. The first-order chi connectivity index (χ1) is 10.3. The predicted molar refractivity (Wildman–Crippen MR) is 81.5 cm³/mol. The fraction of sp³-hybridized carbons (Fsp3) is 0.0625. The zero-order valence-corrected chi connectivity index (χ0v) is 11.5. The molecule has 0 aromatic carbocycles. The van der Waals surface area contributed by atoms with Crippen molar-refractivity contribution in [3.8, 4) is 22.4 Å². The number of nitrogens with zero attached hydrogens (tertiary/aromatic N) is 4. The van der Waals surface area contributed by atoms with Crippen LogP contribution in [0, 0.1) is 0 Å². The van der Waals surface area contributed by atoms with Crippen LogP contribution < -0.4 is 0 Å². The van der Waals surface area contributed by atoms with Gasteiger partial charge < -0.3 is 4.98 Å². The summed E-state index contributed by atoms with van der Waals surface area (Å²) in [6, 6.07) is 8.01. The number of aromatic amines is 1. The highest BCUT2D eigenvalue weighted by atomic mass is 15.3. The molecule has 0 aliphatic heterocycles. The second-order valence-corrected chi connectivity index (χ2v) is 4.91. The number of aromatic nitrogens is 5. The van der Waals surface area contributed by atoms with E-state index in [2.05, 4.69) is 20.1 Å². The highest BCUT2D eigenvalue weighted by Gasteiger charge is 2.15. The van der Waals surface area contributed by atoms with Gasteiger partial charge in [-0.1, -0.05) is 0 Å². The summed E-state index contributed by atoms with van der Waals surface area (Å²) in [5.74, 6) is 0. The van der Waals surface area contributed by atoms with Crippen LogP contribution in [0.4, 0.5) is 0 Å². The predicted octanol–water partition coefficient (Wildman–Crippen LogP) is 3.03. The van der Waals surface area contributed by atoms with E-state index in [9.17, 15) is 0 Å². The van der Waals surface area contributed by atoms with E-state index in [0.717, 1.165) is 33.4 Å². The van der Waals surface area contributed by atoms with Gasteiger partial charge in [-0.3, -0.25) is 9.67 Å². The number of rotatable bonds is 2. The SMILES string of the molecule is Cn1cc(-c2ccnc3[nH]ccc23)c(-c2cccnc2)n1. The monoisotopic (exact) mass is 275 g/mol. The van der Waals surface area contributed by atoms with E-state index in [4.69, 9.17) is 0 Å². The van der Waals surface area contributed by atoms with Gasteiger partial charge in [-0.15, -0.1) is 0 Å². The van der Waals surface area contributed by atoms with Gasteiger partial charge in [0, 0.05) is 54.5 Å². The van der Waals surface area contributed by atoms with Crippen molar-refractivity contribution < 1.29 is 0 Å². The maximum absolute atomic E-state index is 4.59. The quantitative estimate of drug-likeness (QED) is 0.611. The van der Waals surface area contributed by atoms with Crippen molar-refractivity contribution in [1.29, 1.82) is 0 Å². The topological polar surface area (TPSA) is 59.4 Å². The molecule has 0 fully saturated rings. The molecule has 0 aliphatic rings. The molecule has 4 rings (SSSR count). The van der Waals surface area contributed by atoms with Crippen LogP contribution in [0.1, 0.15) is 0 Å². The van der Waals surface area contributed by atoms with Crippen LogP contribution in [-0.4, -0.2) is 24.7 Å². The van der Waals surface area contributed by atoms with Gasteiger partial charge in [0.25, 0.3) is 0 Å². The Morgan fingerprint density at radius 2 is 2.05 bits per heavy atom. The minimum Gasteiger partial charge on any atom is -0.346 e. The largest absolute Gasteiger partial charge is 0.346 e. The zero-order chi connectivity index (χ0) is 14.2. The van der Waals surface area contributed by atoms with Gasteiger partial charge in [0.2, 0.25) is 0 Å². The van der Waals surface area contributed by atoms with Crippen LogP contribution in [0.25, 0.3) is 33.4 Å². The molecule has 21 heavy (non-hydrogen) atoms. The van der Waals surface area contributed by atoms with E-state index in [0.29, 0.717) is 0 Å². The van der Waals surface area contributed by atoms with Gasteiger partial charge in [0.1, 0.15) is 11.3 Å². The van der Waals surface area contributed by atoms with Gasteiger partial charge in [0.05, 0.1) is 0 Å². The molecule has 4 aromatic rings. The molecule has 0 amide bonds. The third-order valence-corrected chi connectivity index (χ3v) is 3.51. The third kappa shape index (κ3) is 1.90. The van der Waals surface area contributed by atoms with Crippen LogP contribution in [0.2, 0.25) is 0 Å². The second-order valence-electron chi connectivity index (χ2n) is 4.91. The molecule has 0 spiro atoms. The lowest BCUT2D eigenvalue weighted by Crippen LogP contribution is -1.88. The molecule has 0 saturated heterocycles. The van der Waals surface area contributed by atoms with E-state index < -0.39 is 0 Å².